The summed E-state index contributed by atoms with van der Waals surface area (Å²) in [5, 5.41) is 2.75. The Hall–Kier alpha value is -2.76. The van der Waals surface area contributed by atoms with Crippen LogP contribution in [0.2, 0.25) is 0 Å². The van der Waals surface area contributed by atoms with Crippen molar-refractivity contribution in [2.24, 2.45) is 0 Å². The van der Waals surface area contributed by atoms with E-state index in [9.17, 15) is 9.18 Å². The molecule has 0 aliphatic carbocycles. The highest BCUT2D eigenvalue weighted by atomic mass is 19.1. The van der Waals surface area contributed by atoms with Crippen LogP contribution in [-0.4, -0.2) is 26.7 Å². The van der Waals surface area contributed by atoms with Gasteiger partial charge < -0.3 is 19.5 Å². The fraction of sp³-hybridized carbons (Fsp3) is 0.278. The van der Waals surface area contributed by atoms with Gasteiger partial charge in [-0.1, -0.05) is 6.07 Å². The molecule has 0 atom stereocenters. The van der Waals surface area contributed by atoms with Gasteiger partial charge in [-0.15, -0.1) is 0 Å². The van der Waals surface area contributed by atoms with Crippen molar-refractivity contribution in [3.8, 4) is 17.2 Å². The number of benzene rings is 2. The predicted octanol–water partition coefficient (Wildman–Crippen LogP) is 3.42. The fourth-order valence-corrected chi connectivity index (χ4v) is 2.23. The van der Waals surface area contributed by atoms with E-state index in [1.54, 1.807) is 24.3 Å². The van der Waals surface area contributed by atoms with Crippen LogP contribution in [0.4, 0.5) is 10.1 Å². The third-order valence-corrected chi connectivity index (χ3v) is 3.33. The first-order valence-electron chi connectivity index (χ1n) is 7.50. The molecular formula is C18H20FNO4. The lowest BCUT2D eigenvalue weighted by Gasteiger charge is -2.12. The second-order valence-corrected chi connectivity index (χ2v) is 4.99. The lowest BCUT2D eigenvalue weighted by Crippen LogP contribution is -2.14. The number of amides is 1. The molecular weight excluding hydrogens is 313 g/mol. The molecule has 0 fully saturated rings. The molecule has 6 heteroatoms. The quantitative estimate of drug-likeness (QED) is 0.843. The molecule has 2 aromatic rings. The number of nitrogens with one attached hydrogen (secondary N) is 1. The molecule has 24 heavy (non-hydrogen) atoms. The van der Waals surface area contributed by atoms with E-state index in [4.69, 9.17) is 14.2 Å². The van der Waals surface area contributed by atoms with Crippen LogP contribution in [0.3, 0.4) is 0 Å². The van der Waals surface area contributed by atoms with Crippen molar-refractivity contribution in [3.63, 3.8) is 0 Å². The summed E-state index contributed by atoms with van der Waals surface area (Å²) in [5.41, 5.74) is 1.14. The number of halogens is 1. The summed E-state index contributed by atoms with van der Waals surface area (Å²) in [6.45, 7) is 2.40. The van der Waals surface area contributed by atoms with E-state index in [1.165, 1.54) is 26.4 Å². The number of hydrogen-bond donors (Lipinski definition) is 1. The van der Waals surface area contributed by atoms with Gasteiger partial charge >= 0.3 is 0 Å². The molecule has 5 nitrogen and oxygen atoms in total. The van der Waals surface area contributed by atoms with Crippen LogP contribution in [0, 0.1) is 5.82 Å². The third-order valence-electron chi connectivity index (χ3n) is 3.33. The number of rotatable bonds is 7. The van der Waals surface area contributed by atoms with Crippen molar-refractivity contribution in [2.45, 2.75) is 13.3 Å². The number of ether oxygens (including phenoxy) is 3. The molecule has 1 amide bonds. The predicted molar refractivity (Wildman–Crippen MR) is 89.4 cm³/mol. The highest BCUT2D eigenvalue weighted by molar-refractivity contribution is 5.92. The number of hydrogen-bond acceptors (Lipinski definition) is 4. The minimum absolute atomic E-state index is 0.0520. The molecule has 0 saturated heterocycles. The van der Waals surface area contributed by atoms with E-state index in [0.29, 0.717) is 29.4 Å². The van der Waals surface area contributed by atoms with Crippen LogP contribution in [-0.2, 0) is 11.2 Å². The molecule has 1 N–H and O–H groups in total. The molecule has 0 aliphatic heterocycles. The minimum atomic E-state index is -0.495. The Labute approximate surface area is 140 Å². The monoisotopic (exact) mass is 333 g/mol. The Morgan fingerprint density at radius 1 is 1.04 bits per heavy atom. The van der Waals surface area contributed by atoms with Crippen LogP contribution >= 0.6 is 0 Å². The second kappa shape index (κ2) is 8.19. The fourth-order valence-electron chi connectivity index (χ4n) is 2.23. The van der Waals surface area contributed by atoms with Crippen molar-refractivity contribution in [3.05, 3.63) is 47.8 Å². The maximum absolute atomic E-state index is 13.7. The Morgan fingerprint density at radius 3 is 2.38 bits per heavy atom. The molecule has 0 aromatic heterocycles. The largest absolute Gasteiger partial charge is 0.494 e. The molecule has 0 saturated carbocycles. The van der Waals surface area contributed by atoms with Gasteiger partial charge in [-0.3, -0.25) is 4.79 Å². The first kappa shape index (κ1) is 17.6. The molecule has 0 aliphatic rings. The molecule has 2 aromatic carbocycles. The van der Waals surface area contributed by atoms with E-state index in [1.807, 2.05) is 6.92 Å². The summed E-state index contributed by atoms with van der Waals surface area (Å²) in [5.74, 6) is 0.534. The standard InChI is InChI=1S/C18H20FNO4/c1-4-24-16-8-6-13(11-17(16)23-3)20-18(21)10-12-5-7-15(22-2)14(19)9-12/h5-9,11H,4,10H2,1-3H3,(H,20,21). The third kappa shape index (κ3) is 4.38. The van der Waals surface area contributed by atoms with Crippen molar-refractivity contribution in [2.75, 3.05) is 26.1 Å². The topological polar surface area (TPSA) is 56.8 Å². The van der Waals surface area contributed by atoms with Crippen LogP contribution in [0.1, 0.15) is 12.5 Å². The van der Waals surface area contributed by atoms with E-state index >= 15 is 0 Å². The molecule has 0 heterocycles. The average Bonchev–Trinajstić information content (AvgIpc) is 2.56. The number of carbonyl (C=O) groups excluding carboxylic acids is 1. The maximum Gasteiger partial charge on any atom is 0.228 e. The average molecular weight is 333 g/mol. The Balaban J connectivity index is 2.05. The number of anilines is 1. The van der Waals surface area contributed by atoms with Gasteiger partial charge in [-0.2, -0.15) is 0 Å². The van der Waals surface area contributed by atoms with Gasteiger partial charge in [0.2, 0.25) is 5.91 Å². The first-order valence-corrected chi connectivity index (χ1v) is 7.50. The van der Waals surface area contributed by atoms with Gasteiger partial charge in [0.25, 0.3) is 0 Å². The highest BCUT2D eigenvalue weighted by Gasteiger charge is 2.10. The zero-order chi connectivity index (χ0) is 17.5. The molecule has 0 bridgehead atoms. The lowest BCUT2D eigenvalue weighted by molar-refractivity contribution is -0.115. The van der Waals surface area contributed by atoms with E-state index in [-0.39, 0.29) is 18.1 Å². The minimum Gasteiger partial charge on any atom is -0.494 e. The smallest absolute Gasteiger partial charge is 0.228 e. The second-order valence-electron chi connectivity index (χ2n) is 4.99. The molecule has 0 radical (unpaired) electrons. The zero-order valence-corrected chi connectivity index (χ0v) is 13.9. The summed E-state index contributed by atoms with van der Waals surface area (Å²) >= 11 is 0. The van der Waals surface area contributed by atoms with Crippen molar-refractivity contribution >= 4 is 11.6 Å². The number of methoxy groups -OCH3 is 2. The summed E-state index contributed by atoms with van der Waals surface area (Å²) in [4.78, 5) is 12.1. The summed E-state index contributed by atoms with van der Waals surface area (Å²) in [7, 11) is 2.92. The van der Waals surface area contributed by atoms with E-state index in [2.05, 4.69) is 5.32 Å². The highest BCUT2D eigenvalue weighted by Crippen LogP contribution is 2.30. The van der Waals surface area contributed by atoms with Gasteiger partial charge in [0, 0.05) is 11.8 Å². The Kier molecular flexibility index (Phi) is 6.01. The Bertz CT molecular complexity index is 718. The van der Waals surface area contributed by atoms with Gasteiger partial charge in [0.1, 0.15) is 0 Å². The van der Waals surface area contributed by atoms with Gasteiger partial charge in [-0.05, 0) is 36.8 Å². The summed E-state index contributed by atoms with van der Waals surface area (Å²) < 4.78 is 29.2. The SMILES string of the molecule is CCOc1ccc(NC(=O)Cc2ccc(OC)c(F)c2)cc1OC. The van der Waals surface area contributed by atoms with E-state index < -0.39 is 5.82 Å². The van der Waals surface area contributed by atoms with Crippen LogP contribution in [0.15, 0.2) is 36.4 Å². The van der Waals surface area contributed by atoms with Gasteiger partial charge in [0.05, 0.1) is 27.2 Å². The zero-order valence-electron chi connectivity index (χ0n) is 13.9. The van der Waals surface area contributed by atoms with Gasteiger partial charge in [0.15, 0.2) is 23.1 Å². The summed E-state index contributed by atoms with van der Waals surface area (Å²) in [6.07, 6.45) is 0.0520. The van der Waals surface area contributed by atoms with E-state index in [0.717, 1.165) is 0 Å². The lowest BCUT2D eigenvalue weighted by atomic mass is 10.1. The van der Waals surface area contributed by atoms with Crippen molar-refractivity contribution in [1.82, 2.24) is 0 Å². The molecule has 0 unspecified atom stereocenters. The molecule has 128 valence electrons. The normalized spacial score (nSPS) is 10.2. The first-order chi connectivity index (χ1) is 11.6. The maximum atomic E-state index is 13.7. The molecule has 2 rings (SSSR count). The van der Waals surface area contributed by atoms with Crippen molar-refractivity contribution < 1.29 is 23.4 Å². The van der Waals surface area contributed by atoms with Crippen LogP contribution in [0.5, 0.6) is 17.2 Å². The summed E-state index contributed by atoms with van der Waals surface area (Å²) in [6, 6.07) is 9.57. The van der Waals surface area contributed by atoms with Crippen LogP contribution in [0.25, 0.3) is 0 Å². The number of carbonyl (C=O) groups is 1. The van der Waals surface area contributed by atoms with Crippen molar-refractivity contribution in [1.29, 1.82) is 0 Å². The molecule has 0 spiro atoms. The van der Waals surface area contributed by atoms with Gasteiger partial charge in [-0.25, -0.2) is 4.39 Å². The van der Waals surface area contributed by atoms with Crippen LogP contribution < -0.4 is 19.5 Å². The Morgan fingerprint density at radius 2 is 1.75 bits per heavy atom.